The molecule has 1 aromatic carbocycles. The number of urea groups is 1. The maximum Gasteiger partial charge on any atom is 0.327 e. The number of piperazine rings is 1. The number of carbonyl (C=O) groups is 2. The van der Waals surface area contributed by atoms with Crippen LogP contribution in [0.3, 0.4) is 0 Å². The maximum atomic E-state index is 12.9. The van der Waals surface area contributed by atoms with Gasteiger partial charge in [-0.2, -0.15) is 4.37 Å². The largest absolute Gasteiger partial charge is 0.353 e. The van der Waals surface area contributed by atoms with Crippen LogP contribution < -0.4 is 4.90 Å². The molecule has 4 aliphatic rings. The predicted octanol–water partition coefficient (Wildman–Crippen LogP) is 3.18. The molecule has 3 atom stereocenters. The van der Waals surface area contributed by atoms with Crippen molar-refractivity contribution in [3.8, 4) is 0 Å². The number of imide groups is 1. The van der Waals surface area contributed by atoms with Crippen molar-refractivity contribution in [3.05, 3.63) is 36.4 Å². The lowest BCUT2D eigenvalue weighted by Crippen LogP contribution is -2.57. The van der Waals surface area contributed by atoms with E-state index in [1.54, 1.807) is 11.5 Å². The summed E-state index contributed by atoms with van der Waals surface area (Å²) in [5.41, 5.74) is 0. The highest BCUT2D eigenvalue weighted by Gasteiger charge is 2.50. The molecule has 6 rings (SSSR count). The molecule has 7 nitrogen and oxygen atoms in total. The van der Waals surface area contributed by atoms with Gasteiger partial charge in [-0.15, -0.1) is 0 Å². The monoisotopic (exact) mass is 451 g/mol. The lowest BCUT2D eigenvalue weighted by molar-refractivity contribution is -0.132. The van der Waals surface area contributed by atoms with Gasteiger partial charge in [0.2, 0.25) is 5.91 Å². The number of carbonyl (C=O) groups excluding carboxylic acids is 2. The molecular formula is C24H29N5O2S. The molecule has 0 N–H and O–H groups in total. The van der Waals surface area contributed by atoms with E-state index in [2.05, 4.69) is 46.2 Å². The van der Waals surface area contributed by atoms with Crippen LogP contribution in [-0.4, -0.2) is 82.4 Å². The topological polar surface area (TPSA) is 60.0 Å². The Balaban J connectivity index is 0.967. The lowest BCUT2D eigenvalue weighted by atomic mass is 9.89. The minimum absolute atomic E-state index is 0.0154. The first kappa shape index (κ1) is 20.2. The molecule has 1 aliphatic carbocycles. The van der Waals surface area contributed by atoms with E-state index < -0.39 is 0 Å². The Morgan fingerprint density at radius 1 is 1.00 bits per heavy atom. The molecule has 168 valence electrons. The molecule has 3 amide bonds. The highest BCUT2D eigenvalue weighted by atomic mass is 32.1. The molecule has 0 unspecified atom stereocenters. The van der Waals surface area contributed by atoms with E-state index in [1.165, 1.54) is 15.0 Å². The number of rotatable bonds is 6. The highest BCUT2D eigenvalue weighted by Crippen LogP contribution is 2.41. The van der Waals surface area contributed by atoms with Crippen LogP contribution in [0.4, 0.5) is 10.6 Å². The molecule has 32 heavy (non-hydrogen) atoms. The Labute approximate surface area is 192 Å². The molecule has 3 fully saturated rings. The van der Waals surface area contributed by atoms with Crippen LogP contribution in [0.15, 0.2) is 36.4 Å². The minimum atomic E-state index is -0.0628. The van der Waals surface area contributed by atoms with E-state index >= 15 is 0 Å². The van der Waals surface area contributed by atoms with Crippen LogP contribution >= 0.6 is 11.5 Å². The fourth-order valence-electron chi connectivity index (χ4n) is 5.69. The fourth-order valence-corrected chi connectivity index (χ4v) is 6.48. The van der Waals surface area contributed by atoms with Crippen LogP contribution in [0.2, 0.25) is 0 Å². The number of nitrogens with zero attached hydrogens (tertiary/aromatic N) is 5. The SMILES string of the molecule is O=C1C[C@@H]2C[C@H]3C=C[C@H]3N2C(=O)N1CCCCN1CCN(c2nsc3ccccc23)CC1. The number of anilines is 1. The van der Waals surface area contributed by atoms with Crippen LogP contribution in [0.1, 0.15) is 25.7 Å². The van der Waals surface area contributed by atoms with Gasteiger partial charge >= 0.3 is 6.03 Å². The van der Waals surface area contributed by atoms with E-state index in [1.807, 2.05) is 4.90 Å². The van der Waals surface area contributed by atoms with Crippen molar-refractivity contribution in [1.82, 2.24) is 19.1 Å². The van der Waals surface area contributed by atoms with Gasteiger partial charge in [-0.05, 0) is 49.5 Å². The van der Waals surface area contributed by atoms with Gasteiger partial charge in [0.05, 0.1) is 10.7 Å². The fraction of sp³-hybridized carbons (Fsp3) is 0.542. The molecule has 0 saturated carbocycles. The molecule has 0 spiro atoms. The van der Waals surface area contributed by atoms with E-state index in [-0.39, 0.29) is 24.0 Å². The number of aromatic nitrogens is 1. The molecule has 4 heterocycles. The molecule has 2 aromatic rings. The second-order valence-electron chi connectivity index (χ2n) is 9.41. The van der Waals surface area contributed by atoms with E-state index in [0.717, 1.165) is 57.8 Å². The maximum absolute atomic E-state index is 12.9. The Kier molecular flexibility index (Phi) is 5.14. The Hall–Kier alpha value is -2.45. The number of amides is 3. The van der Waals surface area contributed by atoms with Crippen LogP contribution in [0.5, 0.6) is 0 Å². The van der Waals surface area contributed by atoms with Crippen molar-refractivity contribution in [2.24, 2.45) is 5.92 Å². The summed E-state index contributed by atoms with van der Waals surface area (Å²) in [5.74, 6) is 1.61. The number of unbranched alkanes of at least 4 members (excludes halogenated alkanes) is 1. The molecule has 1 aromatic heterocycles. The van der Waals surface area contributed by atoms with Crippen LogP contribution in [0, 0.1) is 5.92 Å². The third-order valence-electron chi connectivity index (χ3n) is 7.55. The van der Waals surface area contributed by atoms with Crippen molar-refractivity contribution in [1.29, 1.82) is 0 Å². The average molecular weight is 452 g/mol. The number of benzene rings is 1. The van der Waals surface area contributed by atoms with E-state index in [0.29, 0.717) is 18.9 Å². The summed E-state index contributed by atoms with van der Waals surface area (Å²) in [6.07, 6.45) is 7.62. The zero-order valence-corrected chi connectivity index (χ0v) is 19.0. The zero-order valence-electron chi connectivity index (χ0n) is 18.2. The normalized spacial score (nSPS) is 27.8. The number of fused-ring (bicyclic) bond motifs is 4. The van der Waals surface area contributed by atoms with E-state index in [9.17, 15) is 9.59 Å². The second-order valence-corrected chi connectivity index (χ2v) is 10.2. The van der Waals surface area contributed by atoms with Gasteiger partial charge < -0.3 is 9.80 Å². The summed E-state index contributed by atoms with van der Waals surface area (Å²) in [7, 11) is 0. The molecule has 0 bridgehead atoms. The standard InChI is InChI=1S/C24H29N5O2S/c30-22-16-18-15-17-7-8-20(17)29(18)24(31)28(22)10-4-3-9-26-11-13-27(14-12-26)23-19-5-1-2-6-21(19)32-25-23/h1-2,5-8,17-18,20H,3-4,9-16H2/t17-,18+,20-/m1/s1. The summed E-state index contributed by atoms with van der Waals surface area (Å²) in [4.78, 5) is 33.8. The Morgan fingerprint density at radius 2 is 1.81 bits per heavy atom. The van der Waals surface area contributed by atoms with Crippen LogP contribution in [-0.2, 0) is 4.79 Å². The highest BCUT2D eigenvalue weighted by molar-refractivity contribution is 7.13. The lowest BCUT2D eigenvalue weighted by Gasteiger charge is -2.40. The smallest absolute Gasteiger partial charge is 0.327 e. The first-order valence-electron chi connectivity index (χ1n) is 11.8. The first-order valence-corrected chi connectivity index (χ1v) is 12.6. The third kappa shape index (κ3) is 3.40. The van der Waals surface area contributed by atoms with Gasteiger partial charge in [0.1, 0.15) is 5.82 Å². The number of hydrogen-bond donors (Lipinski definition) is 0. The van der Waals surface area contributed by atoms with Gasteiger partial charge in [-0.25, -0.2) is 4.79 Å². The van der Waals surface area contributed by atoms with Crippen molar-refractivity contribution >= 4 is 39.4 Å². The van der Waals surface area contributed by atoms with Gasteiger partial charge in [-0.3, -0.25) is 14.6 Å². The van der Waals surface area contributed by atoms with Crippen molar-refractivity contribution in [3.63, 3.8) is 0 Å². The van der Waals surface area contributed by atoms with Crippen LogP contribution in [0.25, 0.3) is 10.1 Å². The summed E-state index contributed by atoms with van der Waals surface area (Å²) in [6, 6.07) is 8.73. The molecule has 3 saturated heterocycles. The van der Waals surface area contributed by atoms with Crippen molar-refractivity contribution in [2.45, 2.75) is 37.8 Å². The molecule has 3 aliphatic heterocycles. The average Bonchev–Trinajstić information content (AvgIpc) is 3.32. The Morgan fingerprint density at radius 3 is 2.62 bits per heavy atom. The summed E-state index contributed by atoms with van der Waals surface area (Å²) in [5, 5.41) is 1.26. The van der Waals surface area contributed by atoms with Gasteiger partial charge in [0.15, 0.2) is 0 Å². The molecular weight excluding hydrogens is 422 g/mol. The van der Waals surface area contributed by atoms with Gasteiger partial charge in [-0.1, -0.05) is 24.3 Å². The molecule has 8 heteroatoms. The first-order chi connectivity index (χ1) is 15.7. The second kappa shape index (κ2) is 8.15. The molecule has 0 radical (unpaired) electrons. The van der Waals surface area contributed by atoms with E-state index in [4.69, 9.17) is 4.37 Å². The summed E-state index contributed by atoms with van der Waals surface area (Å²) < 4.78 is 5.94. The van der Waals surface area contributed by atoms with Gasteiger partial charge in [0, 0.05) is 56.5 Å². The summed E-state index contributed by atoms with van der Waals surface area (Å²) in [6.45, 7) is 5.59. The minimum Gasteiger partial charge on any atom is -0.353 e. The Bertz CT molecular complexity index is 1060. The summed E-state index contributed by atoms with van der Waals surface area (Å²) >= 11 is 1.58. The zero-order chi connectivity index (χ0) is 21.7. The third-order valence-corrected chi connectivity index (χ3v) is 8.37. The van der Waals surface area contributed by atoms with Crippen molar-refractivity contribution in [2.75, 3.05) is 44.2 Å². The number of hydrogen-bond acceptors (Lipinski definition) is 6. The van der Waals surface area contributed by atoms with Crippen molar-refractivity contribution < 1.29 is 9.59 Å². The predicted molar refractivity (Wildman–Crippen MR) is 126 cm³/mol. The van der Waals surface area contributed by atoms with Gasteiger partial charge in [0.25, 0.3) is 0 Å². The quantitative estimate of drug-likeness (QED) is 0.499.